The van der Waals surface area contributed by atoms with Gasteiger partial charge in [0.1, 0.15) is 0 Å². The van der Waals surface area contributed by atoms with Gasteiger partial charge in [-0.1, -0.05) is 23.4 Å². The van der Waals surface area contributed by atoms with Crippen LogP contribution in [0.5, 0.6) is 0 Å². The Morgan fingerprint density at radius 3 is 2.22 bits per heavy atom. The van der Waals surface area contributed by atoms with E-state index in [0.717, 1.165) is 11.5 Å². The maximum atomic E-state index is 12.8. The van der Waals surface area contributed by atoms with E-state index in [2.05, 4.69) is 15.5 Å². The molecule has 0 saturated carbocycles. The third-order valence-corrected chi connectivity index (χ3v) is 6.40. The van der Waals surface area contributed by atoms with Crippen LogP contribution in [0.3, 0.4) is 0 Å². The Morgan fingerprint density at radius 2 is 1.66 bits per heavy atom. The highest BCUT2D eigenvalue weighted by molar-refractivity contribution is 8.00. The number of hydrogen-bond acceptors (Lipinski definition) is 6. The second-order valence-electron chi connectivity index (χ2n) is 7.68. The first-order chi connectivity index (χ1) is 15.2. The summed E-state index contributed by atoms with van der Waals surface area (Å²) in [6.45, 7) is 5.38. The number of amides is 1. The molecule has 0 aliphatic heterocycles. The molecule has 0 bridgehead atoms. The Labute approximate surface area is 197 Å². The van der Waals surface area contributed by atoms with Gasteiger partial charge < -0.3 is 5.32 Å². The van der Waals surface area contributed by atoms with Crippen molar-refractivity contribution in [3.05, 3.63) is 64.9 Å². The zero-order valence-electron chi connectivity index (χ0n) is 18.7. The van der Waals surface area contributed by atoms with Crippen LogP contribution in [-0.4, -0.2) is 50.7 Å². The van der Waals surface area contributed by atoms with Crippen LogP contribution in [0.1, 0.15) is 43.0 Å². The summed E-state index contributed by atoms with van der Waals surface area (Å²) >= 11 is 7.40. The number of ketones is 1. The summed E-state index contributed by atoms with van der Waals surface area (Å²) in [4.78, 5) is 26.3. The molecule has 9 heteroatoms. The Hall–Kier alpha value is -2.68. The van der Waals surface area contributed by atoms with Crippen molar-refractivity contribution in [3.63, 3.8) is 0 Å². The van der Waals surface area contributed by atoms with Gasteiger partial charge in [-0.25, -0.2) is 0 Å². The van der Waals surface area contributed by atoms with Crippen LogP contribution in [0, 0.1) is 0 Å². The fourth-order valence-corrected chi connectivity index (χ4v) is 3.94. The molecule has 1 heterocycles. The molecule has 0 radical (unpaired) electrons. The first-order valence-electron chi connectivity index (χ1n) is 10.1. The van der Waals surface area contributed by atoms with Gasteiger partial charge in [-0.15, -0.1) is 10.2 Å². The minimum absolute atomic E-state index is 0.0106. The number of nitrogens with one attached hydrogen (secondary N) is 1. The van der Waals surface area contributed by atoms with Crippen molar-refractivity contribution >= 4 is 40.7 Å². The lowest BCUT2D eigenvalue weighted by Crippen LogP contribution is -2.23. The van der Waals surface area contributed by atoms with E-state index in [0.29, 0.717) is 21.4 Å². The fourth-order valence-electron chi connectivity index (χ4n) is 2.94. The van der Waals surface area contributed by atoms with Gasteiger partial charge in [-0.3, -0.25) is 19.1 Å². The maximum Gasteiger partial charge on any atom is 0.237 e. The number of thioether (sulfide) groups is 1. The minimum Gasteiger partial charge on any atom is -0.325 e. The minimum atomic E-state index is -0.430. The molecule has 0 aliphatic rings. The van der Waals surface area contributed by atoms with Crippen molar-refractivity contribution < 1.29 is 9.59 Å². The van der Waals surface area contributed by atoms with E-state index in [-0.39, 0.29) is 17.7 Å². The molecule has 32 heavy (non-hydrogen) atoms. The monoisotopic (exact) mass is 471 g/mol. The van der Waals surface area contributed by atoms with Crippen molar-refractivity contribution in [2.75, 3.05) is 19.4 Å². The Balaban J connectivity index is 1.83. The van der Waals surface area contributed by atoms with Crippen LogP contribution < -0.4 is 5.32 Å². The number of carbonyl (C=O) groups excluding carboxylic acids is 2. The highest BCUT2D eigenvalue weighted by atomic mass is 35.5. The Morgan fingerprint density at radius 1 is 1.03 bits per heavy atom. The van der Waals surface area contributed by atoms with Gasteiger partial charge in [0.25, 0.3) is 0 Å². The van der Waals surface area contributed by atoms with Gasteiger partial charge in [0.15, 0.2) is 16.8 Å². The number of rotatable bonds is 8. The second-order valence-corrected chi connectivity index (χ2v) is 9.42. The predicted octanol–water partition coefficient (Wildman–Crippen LogP) is 4.87. The van der Waals surface area contributed by atoms with Gasteiger partial charge in [0.2, 0.25) is 5.91 Å². The normalized spacial score (nSPS) is 13.1. The summed E-state index contributed by atoms with van der Waals surface area (Å²) in [5, 5.41) is 12.5. The summed E-state index contributed by atoms with van der Waals surface area (Å²) in [5.41, 5.74) is 2.11. The molecular weight excluding hydrogens is 446 g/mol. The van der Waals surface area contributed by atoms with Crippen LogP contribution in [0.4, 0.5) is 5.69 Å². The number of benzene rings is 2. The summed E-state index contributed by atoms with van der Waals surface area (Å²) < 4.78 is 1.96. The first kappa shape index (κ1) is 24.0. The number of Topliss-reactive ketones (excluding diaryl/α,β-unsaturated/α-hetero) is 1. The average Bonchev–Trinajstić information content (AvgIpc) is 3.17. The van der Waals surface area contributed by atoms with E-state index >= 15 is 0 Å². The van der Waals surface area contributed by atoms with Crippen molar-refractivity contribution in [1.82, 2.24) is 19.7 Å². The van der Waals surface area contributed by atoms with Crippen LogP contribution in [0.25, 0.3) is 5.69 Å². The molecular formula is C23H26ClN5O2S. The predicted molar refractivity (Wildman–Crippen MR) is 129 cm³/mol. The van der Waals surface area contributed by atoms with E-state index in [1.165, 1.54) is 18.7 Å². The standard InChI is InChI=1S/C23H26ClN5O2S/c1-14(28(4)5)21-26-27-23(29(21)20-12-8-18(24)9-13-20)32-16(3)22(31)25-19-10-6-17(7-11-19)15(2)30/h6-14,16H,1-5H3,(H,25,31). The summed E-state index contributed by atoms with van der Waals surface area (Å²) in [7, 11) is 3.96. The van der Waals surface area contributed by atoms with E-state index < -0.39 is 5.25 Å². The fraction of sp³-hybridized carbons (Fsp3) is 0.304. The Bertz CT molecular complexity index is 1100. The lowest BCUT2D eigenvalue weighted by molar-refractivity contribution is -0.115. The molecule has 2 unspecified atom stereocenters. The molecule has 1 amide bonds. The molecule has 7 nitrogen and oxygen atoms in total. The highest BCUT2D eigenvalue weighted by Gasteiger charge is 2.24. The SMILES string of the molecule is CC(=O)c1ccc(NC(=O)C(C)Sc2nnc(C(C)N(C)C)n2-c2ccc(Cl)cc2)cc1. The third kappa shape index (κ3) is 5.56. The largest absolute Gasteiger partial charge is 0.325 e. The molecule has 3 rings (SSSR count). The molecule has 0 aliphatic carbocycles. The van der Waals surface area contributed by atoms with Crippen LogP contribution in [-0.2, 0) is 4.79 Å². The van der Waals surface area contributed by atoms with Gasteiger partial charge >= 0.3 is 0 Å². The maximum absolute atomic E-state index is 12.8. The third-order valence-electron chi connectivity index (χ3n) is 5.10. The van der Waals surface area contributed by atoms with E-state index in [1.807, 2.05) is 61.7 Å². The molecule has 0 saturated heterocycles. The number of nitrogens with zero attached hydrogens (tertiary/aromatic N) is 4. The summed E-state index contributed by atoms with van der Waals surface area (Å²) in [6, 6.07) is 14.3. The van der Waals surface area contributed by atoms with Gasteiger partial charge in [0.05, 0.1) is 11.3 Å². The van der Waals surface area contributed by atoms with Gasteiger partial charge in [0, 0.05) is 22.0 Å². The lowest BCUT2D eigenvalue weighted by atomic mass is 10.1. The zero-order valence-corrected chi connectivity index (χ0v) is 20.2. The summed E-state index contributed by atoms with van der Waals surface area (Å²) in [6.07, 6.45) is 0. The number of carbonyl (C=O) groups is 2. The van der Waals surface area contributed by atoms with Crippen LogP contribution in [0.2, 0.25) is 5.02 Å². The number of halogens is 1. The summed E-state index contributed by atoms with van der Waals surface area (Å²) in [5.74, 6) is 0.585. The zero-order chi connectivity index (χ0) is 23.4. The van der Waals surface area contributed by atoms with E-state index in [4.69, 9.17) is 11.6 Å². The molecule has 1 aromatic heterocycles. The molecule has 0 fully saturated rings. The quantitative estimate of drug-likeness (QED) is 0.373. The Kier molecular flexibility index (Phi) is 7.71. The lowest BCUT2D eigenvalue weighted by Gasteiger charge is -2.21. The van der Waals surface area contributed by atoms with Crippen LogP contribution in [0.15, 0.2) is 53.7 Å². The first-order valence-corrected chi connectivity index (χ1v) is 11.4. The van der Waals surface area contributed by atoms with Crippen molar-refractivity contribution in [3.8, 4) is 5.69 Å². The smallest absolute Gasteiger partial charge is 0.237 e. The molecule has 168 valence electrons. The molecule has 2 aromatic carbocycles. The van der Waals surface area contributed by atoms with Gasteiger partial charge in [-0.2, -0.15) is 0 Å². The molecule has 0 spiro atoms. The highest BCUT2D eigenvalue weighted by Crippen LogP contribution is 2.30. The molecule has 2 atom stereocenters. The molecule has 1 N–H and O–H groups in total. The van der Waals surface area contributed by atoms with Crippen LogP contribution >= 0.6 is 23.4 Å². The second kappa shape index (κ2) is 10.3. The van der Waals surface area contributed by atoms with Crippen molar-refractivity contribution in [1.29, 1.82) is 0 Å². The van der Waals surface area contributed by atoms with E-state index in [1.54, 1.807) is 24.3 Å². The topological polar surface area (TPSA) is 80.1 Å². The van der Waals surface area contributed by atoms with Gasteiger partial charge in [-0.05, 0) is 83.4 Å². The average molecular weight is 472 g/mol. The molecule has 3 aromatic rings. The van der Waals surface area contributed by atoms with E-state index in [9.17, 15) is 9.59 Å². The van der Waals surface area contributed by atoms with Crippen molar-refractivity contribution in [2.45, 2.75) is 37.2 Å². The number of anilines is 1. The van der Waals surface area contributed by atoms with Crippen molar-refractivity contribution in [2.24, 2.45) is 0 Å². The number of aromatic nitrogens is 3. The number of hydrogen-bond donors (Lipinski definition) is 1.